The van der Waals surface area contributed by atoms with Crippen molar-refractivity contribution in [3.63, 3.8) is 0 Å². The van der Waals surface area contributed by atoms with Crippen molar-refractivity contribution in [3.8, 4) is 17.5 Å². The lowest BCUT2D eigenvalue weighted by Crippen LogP contribution is -2.03. The van der Waals surface area contributed by atoms with Crippen LogP contribution in [0.2, 0.25) is 0 Å². The predicted octanol–water partition coefficient (Wildman–Crippen LogP) is 4.03. The lowest BCUT2D eigenvalue weighted by molar-refractivity contribution is 0.110. The minimum Gasteiger partial charge on any atom is -0.452 e. The molecule has 25 heavy (non-hydrogen) atoms. The van der Waals surface area contributed by atoms with E-state index in [1.54, 1.807) is 18.2 Å². The van der Waals surface area contributed by atoms with Gasteiger partial charge in [0.05, 0.1) is 23.7 Å². The molecule has 0 unspecified atom stereocenters. The number of hydrogen-bond acceptors (Lipinski definition) is 4. The molecule has 0 bridgehead atoms. The van der Waals surface area contributed by atoms with Crippen molar-refractivity contribution < 1.29 is 9.21 Å². The Bertz CT molecular complexity index is 1120. The van der Waals surface area contributed by atoms with E-state index in [0.717, 1.165) is 16.5 Å². The van der Waals surface area contributed by atoms with E-state index in [-0.39, 0.29) is 5.76 Å². The molecule has 4 aromatic rings. The van der Waals surface area contributed by atoms with E-state index >= 15 is 0 Å². The second kappa shape index (κ2) is 6.10. The number of benzene rings is 2. The maximum absolute atomic E-state index is 10.9. The van der Waals surface area contributed by atoms with Gasteiger partial charge in [-0.05, 0) is 29.8 Å². The lowest BCUT2D eigenvalue weighted by atomic mass is 10.1. The van der Waals surface area contributed by atoms with Crippen LogP contribution in [0.25, 0.3) is 22.4 Å². The van der Waals surface area contributed by atoms with Gasteiger partial charge >= 0.3 is 0 Å². The Hall–Kier alpha value is -3.65. The van der Waals surface area contributed by atoms with Gasteiger partial charge in [0.15, 0.2) is 17.8 Å². The zero-order chi connectivity index (χ0) is 17.2. The van der Waals surface area contributed by atoms with Gasteiger partial charge < -0.3 is 4.42 Å². The Balaban J connectivity index is 1.85. The van der Waals surface area contributed by atoms with Crippen LogP contribution in [0.15, 0.2) is 65.1 Å². The van der Waals surface area contributed by atoms with Crippen molar-refractivity contribution in [2.24, 2.45) is 0 Å². The van der Waals surface area contributed by atoms with Gasteiger partial charge in [-0.2, -0.15) is 10.4 Å². The summed E-state index contributed by atoms with van der Waals surface area (Å²) in [5.41, 5.74) is 3.15. The first kappa shape index (κ1) is 14.9. The summed E-state index contributed by atoms with van der Waals surface area (Å²) in [5, 5.41) is 14.9. The molecule has 0 atom stereocenters. The number of aromatic nitrogens is 2. The van der Waals surface area contributed by atoms with Crippen LogP contribution in [-0.2, 0) is 6.54 Å². The molecular formula is C20H13N3O2. The van der Waals surface area contributed by atoms with Crippen molar-refractivity contribution in [3.05, 3.63) is 77.6 Å². The van der Waals surface area contributed by atoms with Gasteiger partial charge in [0.2, 0.25) is 0 Å². The van der Waals surface area contributed by atoms with Crippen molar-refractivity contribution in [1.29, 1.82) is 5.26 Å². The van der Waals surface area contributed by atoms with Gasteiger partial charge in [-0.15, -0.1) is 0 Å². The van der Waals surface area contributed by atoms with Crippen molar-refractivity contribution in [2.45, 2.75) is 6.54 Å². The standard InChI is InChI=1S/C20H13N3O2/c21-11-14-5-1-2-6-15(14)12-23-18-8-4-3-7-17(18)20(22-23)19-10-9-16(13-24)25-19/h1-10,13H,12H2. The number of nitrogens with zero attached hydrogens (tertiary/aromatic N) is 3. The fourth-order valence-electron chi connectivity index (χ4n) is 2.90. The average Bonchev–Trinajstić information content (AvgIpc) is 3.27. The summed E-state index contributed by atoms with van der Waals surface area (Å²) < 4.78 is 7.39. The molecule has 0 aliphatic heterocycles. The smallest absolute Gasteiger partial charge is 0.185 e. The highest BCUT2D eigenvalue weighted by molar-refractivity contribution is 5.92. The van der Waals surface area contributed by atoms with E-state index in [9.17, 15) is 10.1 Å². The second-order valence-electron chi connectivity index (χ2n) is 5.61. The molecule has 4 rings (SSSR count). The number of aldehydes is 1. The van der Waals surface area contributed by atoms with E-state index in [2.05, 4.69) is 11.2 Å². The summed E-state index contributed by atoms with van der Waals surface area (Å²) in [5.74, 6) is 0.814. The zero-order valence-electron chi connectivity index (χ0n) is 13.2. The molecule has 0 saturated heterocycles. The number of hydrogen-bond donors (Lipinski definition) is 0. The third-order valence-electron chi connectivity index (χ3n) is 4.09. The first-order valence-corrected chi connectivity index (χ1v) is 7.79. The first-order valence-electron chi connectivity index (χ1n) is 7.79. The number of furan rings is 1. The van der Waals surface area contributed by atoms with E-state index in [4.69, 9.17) is 4.42 Å². The molecule has 0 fully saturated rings. The van der Waals surface area contributed by atoms with Crippen LogP contribution >= 0.6 is 0 Å². The fourth-order valence-corrected chi connectivity index (χ4v) is 2.90. The monoisotopic (exact) mass is 327 g/mol. The highest BCUT2D eigenvalue weighted by Gasteiger charge is 2.16. The highest BCUT2D eigenvalue weighted by Crippen LogP contribution is 2.29. The molecule has 0 spiro atoms. The number of carbonyl (C=O) groups excluding carboxylic acids is 1. The summed E-state index contributed by atoms with van der Waals surface area (Å²) in [7, 11) is 0. The predicted molar refractivity (Wildman–Crippen MR) is 93.1 cm³/mol. The Morgan fingerprint density at radius 1 is 1.08 bits per heavy atom. The van der Waals surface area contributed by atoms with Crippen LogP contribution in [0.1, 0.15) is 21.7 Å². The third-order valence-corrected chi connectivity index (χ3v) is 4.09. The molecule has 5 heteroatoms. The minimum absolute atomic E-state index is 0.267. The number of para-hydroxylation sites is 1. The highest BCUT2D eigenvalue weighted by atomic mass is 16.3. The Labute approximate surface area is 143 Å². The van der Waals surface area contributed by atoms with Crippen LogP contribution in [-0.4, -0.2) is 16.1 Å². The normalized spacial score (nSPS) is 10.7. The molecule has 120 valence electrons. The number of carbonyl (C=O) groups is 1. The maximum Gasteiger partial charge on any atom is 0.185 e. The molecule has 2 heterocycles. The average molecular weight is 327 g/mol. The van der Waals surface area contributed by atoms with Crippen LogP contribution in [0.5, 0.6) is 0 Å². The summed E-state index contributed by atoms with van der Waals surface area (Å²) in [6, 6.07) is 20.9. The topological polar surface area (TPSA) is 71.8 Å². The van der Waals surface area contributed by atoms with Crippen LogP contribution in [0, 0.1) is 11.3 Å². The maximum atomic E-state index is 10.9. The number of fused-ring (bicyclic) bond motifs is 1. The van der Waals surface area contributed by atoms with Gasteiger partial charge in [0, 0.05) is 5.39 Å². The summed E-state index contributed by atoms with van der Waals surface area (Å²) in [6.45, 7) is 0.478. The second-order valence-corrected chi connectivity index (χ2v) is 5.61. The third kappa shape index (κ3) is 2.60. The van der Waals surface area contributed by atoms with Crippen molar-refractivity contribution in [1.82, 2.24) is 9.78 Å². The van der Waals surface area contributed by atoms with Crippen LogP contribution in [0.3, 0.4) is 0 Å². The molecule has 5 nitrogen and oxygen atoms in total. The Morgan fingerprint density at radius 3 is 2.68 bits per heavy atom. The SMILES string of the molecule is N#Cc1ccccc1Cn1nc(-c2ccc(C=O)o2)c2ccccc21. The Kier molecular flexibility index (Phi) is 3.64. The molecule has 2 aromatic heterocycles. The van der Waals surface area contributed by atoms with E-state index < -0.39 is 0 Å². The molecule has 0 N–H and O–H groups in total. The van der Waals surface area contributed by atoms with Crippen LogP contribution in [0.4, 0.5) is 0 Å². The van der Waals surface area contributed by atoms with Gasteiger partial charge in [-0.25, -0.2) is 0 Å². The van der Waals surface area contributed by atoms with Gasteiger partial charge in [0.25, 0.3) is 0 Å². The summed E-state index contributed by atoms with van der Waals surface area (Å²) in [4.78, 5) is 10.9. The zero-order valence-corrected chi connectivity index (χ0v) is 13.2. The molecule has 0 aliphatic carbocycles. The number of nitriles is 1. The van der Waals surface area contributed by atoms with E-state index in [0.29, 0.717) is 29.8 Å². The molecule has 2 aromatic carbocycles. The molecule has 0 saturated carbocycles. The molecule has 0 aliphatic rings. The molecular weight excluding hydrogens is 314 g/mol. The Morgan fingerprint density at radius 2 is 1.88 bits per heavy atom. The van der Waals surface area contributed by atoms with Gasteiger partial charge in [0.1, 0.15) is 5.69 Å². The van der Waals surface area contributed by atoms with Gasteiger partial charge in [-0.1, -0.05) is 36.4 Å². The summed E-state index contributed by atoms with van der Waals surface area (Å²) in [6.07, 6.45) is 0.672. The quantitative estimate of drug-likeness (QED) is 0.531. The first-order chi connectivity index (χ1) is 12.3. The van der Waals surface area contributed by atoms with E-state index in [1.807, 2.05) is 47.1 Å². The van der Waals surface area contributed by atoms with Crippen molar-refractivity contribution >= 4 is 17.2 Å². The minimum atomic E-state index is 0.267. The van der Waals surface area contributed by atoms with Crippen molar-refractivity contribution in [2.75, 3.05) is 0 Å². The molecule has 0 radical (unpaired) electrons. The van der Waals surface area contributed by atoms with E-state index in [1.165, 1.54) is 0 Å². The lowest BCUT2D eigenvalue weighted by Gasteiger charge is -2.05. The summed E-state index contributed by atoms with van der Waals surface area (Å²) >= 11 is 0. The molecule has 0 amide bonds. The number of rotatable bonds is 4. The van der Waals surface area contributed by atoms with Gasteiger partial charge in [-0.3, -0.25) is 9.48 Å². The largest absolute Gasteiger partial charge is 0.452 e. The van der Waals surface area contributed by atoms with Crippen LogP contribution < -0.4 is 0 Å². The fraction of sp³-hybridized carbons (Fsp3) is 0.0500.